The highest BCUT2D eigenvalue weighted by atomic mass is 35.5. The van der Waals surface area contributed by atoms with Crippen molar-refractivity contribution in [3.8, 4) is 0 Å². The molecule has 0 N–H and O–H groups in total. The molecule has 0 unspecified atom stereocenters. The van der Waals surface area contributed by atoms with Gasteiger partial charge in [0.2, 0.25) is 0 Å². The summed E-state index contributed by atoms with van der Waals surface area (Å²) >= 11 is 6.02. The Morgan fingerprint density at radius 3 is 2.52 bits per heavy atom. The van der Waals surface area contributed by atoms with E-state index < -0.39 is 11.7 Å². The monoisotopic (exact) mass is 361 g/mol. The van der Waals surface area contributed by atoms with E-state index in [2.05, 4.69) is 0 Å². The first-order chi connectivity index (χ1) is 11.9. The van der Waals surface area contributed by atoms with Crippen LogP contribution in [0, 0.1) is 0 Å². The summed E-state index contributed by atoms with van der Waals surface area (Å²) in [5.41, 5.74) is 2.27. The lowest BCUT2D eigenvalue weighted by atomic mass is 9.90. The zero-order chi connectivity index (χ0) is 17.6. The minimum absolute atomic E-state index is 0.171. The molecule has 25 heavy (non-hydrogen) atoms. The van der Waals surface area contributed by atoms with Gasteiger partial charge in [0, 0.05) is 28.5 Å². The first-order valence-electron chi connectivity index (χ1n) is 8.07. The van der Waals surface area contributed by atoms with Gasteiger partial charge in [-0.2, -0.15) is 13.2 Å². The SMILES string of the molecule is FC(F)(F)C1=C2CCC=C2N(Cc2ccccc2)c2ccc(Cl)cc21. The number of halogens is 4. The molecule has 128 valence electrons. The van der Waals surface area contributed by atoms with Crippen molar-refractivity contribution in [3.63, 3.8) is 0 Å². The number of rotatable bonds is 2. The molecular formula is C20H15ClF3N. The largest absolute Gasteiger partial charge is 0.417 e. The predicted octanol–water partition coefficient (Wildman–Crippen LogP) is 6.35. The molecule has 0 fully saturated rings. The summed E-state index contributed by atoms with van der Waals surface area (Å²) in [5, 5.41) is 0.311. The van der Waals surface area contributed by atoms with E-state index in [0.717, 1.165) is 5.56 Å². The molecule has 1 aliphatic carbocycles. The first kappa shape index (κ1) is 16.3. The quantitative estimate of drug-likeness (QED) is 0.602. The summed E-state index contributed by atoms with van der Waals surface area (Å²) in [4.78, 5) is 1.97. The minimum atomic E-state index is -4.41. The average molecular weight is 362 g/mol. The van der Waals surface area contributed by atoms with Gasteiger partial charge in [0.1, 0.15) is 0 Å². The van der Waals surface area contributed by atoms with Crippen molar-refractivity contribution in [2.45, 2.75) is 25.6 Å². The van der Waals surface area contributed by atoms with Crippen molar-refractivity contribution < 1.29 is 13.2 Å². The van der Waals surface area contributed by atoms with Gasteiger partial charge in [0.25, 0.3) is 0 Å². The third-order valence-corrected chi connectivity index (χ3v) is 4.85. The molecule has 1 heterocycles. The Kier molecular flexibility index (Phi) is 3.88. The van der Waals surface area contributed by atoms with Crippen LogP contribution in [-0.2, 0) is 6.54 Å². The fraction of sp³-hybridized carbons (Fsp3) is 0.200. The minimum Gasteiger partial charge on any atom is -0.337 e. The Morgan fingerprint density at radius 2 is 1.80 bits per heavy atom. The smallest absolute Gasteiger partial charge is 0.337 e. The summed E-state index contributed by atoms with van der Waals surface area (Å²) in [6.45, 7) is 0.524. The number of nitrogens with zero attached hydrogens (tertiary/aromatic N) is 1. The molecule has 0 spiro atoms. The molecule has 0 saturated carbocycles. The lowest BCUT2D eigenvalue weighted by Gasteiger charge is -2.36. The summed E-state index contributed by atoms with van der Waals surface area (Å²) in [6.07, 6.45) is -1.47. The number of alkyl halides is 3. The van der Waals surface area contributed by atoms with Crippen molar-refractivity contribution in [1.82, 2.24) is 0 Å². The molecule has 0 amide bonds. The third kappa shape index (κ3) is 2.85. The van der Waals surface area contributed by atoms with Crippen molar-refractivity contribution in [2.24, 2.45) is 0 Å². The van der Waals surface area contributed by atoms with E-state index in [1.807, 2.05) is 41.3 Å². The van der Waals surface area contributed by atoms with Gasteiger partial charge in [-0.3, -0.25) is 0 Å². The lowest BCUT2D eigenvalue weighted by Crippen LogP contribution is -2.29. The maximum Gasteiger partial charge on any atom is 0.417 e. The topological polar surface area (TPSA) is 3.24 Å². The fourth-order valence-electron chi connectivity index (χ4n) is 3.63. The van der Waals surface area contributed by atoms with Crippen molar-refractivity contribution in [2.75, 3.05) is 4.90 Å². The van der Waals surface area contributed by atoms with E-state index in [-0.39, 0.29) is 5.56 Å². The molecule has 0 bridgehead atoms. The summed E-state index contributed by atoms with van der Waals surface area (Å²) in [5.74, 6) is 0. The van der Waals surface area contributed by atoms with Crippen LogP contribution in [0.15, 0.2) is 65.9 Å². The van der Waals surface area contributed by atoms with Gasteiger partial charge in [-0.05, 0) is 42.2 Å². The van der Waals surface area contributed by atoms with E-state index in [9.17, 15) is 13.2 Å². The van der Waals surface area contributed by atoms with E-state index in [4.69, 9.17) is 11.6 Å². The van der Waals surface area contributed by atoms with Crippen LogP contribution in [0.3, 0.4) is 0 Å². The second-order valence-corrected chi connectivity index (χ2v) is 6.65. The molecule has 1 aliphatic heterocycles. The second-order valence-electron chi connectivity index (χ2n) is 6.21. The van der Waals surface area contributed by atoms with E-state index >= 15 is 0 Å². The molecule has 1 nitrogen and oxygen atoms in total. The van der Waals surface area contributed by atoms with Crippen LogP contribution in [0.5, 0.6) is 0 Å². The van der Waals surface area contributed by atoms with Gasteiger partial charge >= 0.3 is 6.18 Å². The van der Waals surface area contributed by atoms with Gasteiger partial charge in [0.15, 0.2) is 0 Å². The van der Waals surface area contributed by atoms with Gasteiger partial charge in [-0.1, -0.05) is 48.0 Å². The number of hydrogen-bond acceptors (Lipinski definition) is 1. The number of hydrogen-bond donors (Lipinski definition) is 0. The average Bonchev–Trinajstić information content (AvgIpc) is 3.03. The van der Waals surface area contributed by atoms with Gasteiger partial charge in [0.05, 0.1) is 5.57 Å². The summed E-state index contributed by atoms with van der Waals surface area (Å²) in [6, 6.07) is 14.5. The molecule has 2 aliphatic rings. The van der Waals surface area contributed by atoms with Crippen LogP contribution >= 0.6 is 11.6 Å². The van der Waals surface area contributed by atoms with Gasteiger partial charge < -0.3 is 4.90 Å². The second kappa shape index (κ2) is 5.95. The Bertz CT molecular complexity index is 882. The molecular weight excluding hydrogens is 347 g/mol. The summed E-state index contributed by atoms with van der Waals surface area (Å²) < 4.78 is 41.4. The van der Waals surface area contributed by atoms with Crippen LogP contribution in [0.25, 0.3) is 5.57 Å². The molecule has 0 aromatic heterocycles. The van der Waals surface area contributed by atoms with Crippen LogP contribution in [0.2, 0.25) is 5.02 Å². The predicted molar refractivity (Wildman–Crippen MR) is 94.4 cm³/mol. The number of fused-ring (bicyclic) bond motifs is 2. The summed E-state index contributed by atoms with van der Waals surface area (Å²) in [7, 11) is 0. The highest BCUT2D eigenvalue weighted by molar-refractivity contribution is 6.31. The Labute approximate surface area is 149 Å². The van der Waals surface area contributed by atoms with Crippen LogP contribution < -0.4 is 4.90 Å². The number of allylic oxidation sites excluding steroid dienone is 3. The van der Waals surface area contributed by atoms with Crippen molar-refractivity contribution >= 4 is 22.9 Å². The fourth-order valence-corrected chi connectivity index (χ4v) is 3.80. The maximum absolute atomic E-state index is 13.8. The molecule has 4 rings (SSSR count). The van der Waals surface area contributed by atoms with Crippen LogP contribution in [-0.4, -0.2) is 6.18 Å². The van der Waals surface area contributed by atoms with Crippen LogP contribution in [0.1, 0.15) is 24.0 Å². The van der Waals surface area contributed by atoms with Crippen molar-refractivity contribution in [3.05, 3.63) is 82.0 Å². The highest BCUT2D eigenvalue weighted by Crippen LogP contribution is 2.51. The van der Waals surface area contributed by atoms with Crippen LogP contribution in [0.4, 0.5) is 18.9 Å². The Balaban J connectivity index is 1.90. The lowest BCUT2D eigenvalue weighted by molar-refractivity contribution is -0.0694. The van der Waals surface area contributed by atoms with Crippen molar-refractivity contribution in [1.29, 1.82) is 0 Å². The zero-order valence-corrected chi connectivity index (χ0v) is 14.0. The molecule has 2 aromatic carbocycles. The van der Waals surface area contributed by atoms with E-state index in [1.165, 1.54) is 6.07 Å². The van der Waals surface area contributed by atoms with E-state index in [0.29, 0.717) is 41.4 Å². The Morgan fingerprint density at radius 1 is 1.04 bits per heavy atom. The maximum atomic E-state index is 13.8. The number of anilines is 1. The molecule has 0 radical (unpaired) electrons. The van der Waals surface area contributed by atoms with Gasteiger partial charge in [-0.25, -0.2) is 0 Å². The first-order valence-corrected chi connectivity index (χ1v) is 8.45. The van der Waals surface area contributed by atoms with Gasteiger partial charge in [-0.15, -0.1) is 0 Å². The Hall–Kier alpha value is -2.20. The number of benzene rings is 2. The molecule has 2 aromatic rings. The normalized spacial score (nSPS) is 16.6. The zero-order valence-electron chi connectivity index (χ0n) is 13.3. The molecule has 5 heteroatoms. The molecule has 0 atom stereocenters. The third-order valence-electron chi connectivity index (χ3n) is 4.62. The van der Waals surface area contributed by atoms with E-state index in [1.54, 1.807) is 12.1 Å². The highest BCUT2D eigenvalue weighted by Gasteiger charge is 2.44. The molecule has 0 saturated heterocycles. The standard InChI is InChI=1S/C20H15ClF3N/c21-14-9-10-18-16(11-14)19(20(22,23)24)15-7-4-8-17(15)25(18)12-13-5-2-1-3-6-13/h1-3,5-6,8-11H,4,7,12H2.